The molecule has 0 spiro atoms. The summed E-state index contributed by atoms with van der Waals surface area (Å²) < 4.78 is 0. The average Bonchev–Trinajstić information content (AvgIpc) is 2.39. The third-order valence-corrected chi connectivity index (χ3v) is 4.46. The number of anilines is 1. The molecule has 1 aliphatic heterocycles. The lowest BCUT2D eigenvalue weighted by molar-refractivity contribution is 0.871. The summed E-state index contributed by atoms with van der Waals surface area (Å²) in [4.78, 5) is 0. The van der Waals surface area contributed by atoms with Gasteiger partial charge in [-0.25, -0.2) is 0 Å². The van der Waals surface area contributed by atoms with E-state index in [1.54, 1.807) is 0 Å². The average molecular weight is 276 g/mol. The number of fused-ring (bicyclic) bond motifs is 1. The monoisotopic (exact) mass is 275 g/mol. The lowest BCUT2D eigenvalue weighted by Gasteiger charge is -2.27. The molecule has 18 heavy (non-hydrogen) atoms. The molecule has 0 radical (unpaired) electrons. The van der Waals surface area contributed by atoms with Gasteiger partial charge in [-0.15, -0.1) is 0 Å². The minimum atomic E-state index is 0.374. The van der Waals surface area contributed by atoms with Gasteiger partial charge in [-0.3, -0.25) is 0 Å². The molecule has 1 heterocycles. The van der Waals surface area contributed by atoms with Gasteiger partial charge in [0.1, 0.15) is 0 Å². The van der Waals surface area contributed by atoms with Gasteiger partial charge in [0.25, 0.3) is 0 Å². The molecule has 1 unspecified atom stereocenters. The second-order valence-electron chi connectivity index (χ2n) is 4.42. The molecule has 0 aliphatic carbocycles. The molecule has 0 amide bonds. The molecule has 1 aliphatic rings. The Bertz CT molecular complexity index is 556. The summed E-state index contributed by atoms with van der Waals surface area (Å²) in [5, 5.41) is 4.35. The van der Waals surface area contributed by atoms with Gasteiger partial charge in [0.2, 0.25) is 0 Å². The number of rotatable bonds is 2. The molecule has 1 nitrogen and oxygen atoms in total. The molecule has 1 N–H and O–H groups in total. The summed E-state index contributed by atoms with van der Waals surface area (Å²) >= 11 is 7.99. The molecule has 0 bridgehead atoms. The smallest absolute Gasteiger partial charge is 0.0607 e. The first-order chi connectivity index (χ1) is 8.83. The fourth-order valence-electron chi connectivity index (χ4n) is 2.28. The highest BCUT2D eigenvalue weighted by Gasteiger charge is 2.19. The molecule has 0 aromatic heterocycles. The van der Waals surface area contributed by atoms with Gasteiger partial charge in [0.05, 0.1) is 6.04 Å². The molecule has 92 valence electrons. The minimum Gasteiger partial charge on any atom is -0.377 e. The summed E-state index contributed by atoms with van der Waals surface area (Å²) in [5.41, 5.74) is 3.94. The first-order valence-corrected chi connectivity index (χ1v) is 7.54. The summed E-state index contributed by atoms with van der Waals surface area (Å²) in [5.74, 6) is 2.22. The molecule has 0 fully saturated rings. The maximum atomic E-state index is 6.02. The van der Waals surface area contributed by atoms with Crippen LogP contribution in [0, 0.1) is 0 Å². The van der Waals surface area contributed by atoms with E-state index in [1.807, 2.05) is 30.0 Å². The highest BCUT2D eigenvalue weighted by molar-refractivity contribution is 7.98. The second kappa shape index (κ2) is 5.25. The van der Waals surface area contributed by atoms with Crippen molar-refractivity contribution in [1.29, 1.82) is 0 Å². The Kier molecular flexibility index (Phi) is 3.48. The highest BCUT2D eigenvalue weighted by Crippen LogP contribution is 2.34. The van der Waals surface area contributed by atoms with Crippen molar-refractivity contribution in [2.75, 3.05) is 11.1 Å². The van der Waals surface area contributed by atoms with Crippen LogP contribution in [0.4, 0.5) is 5.69 Å². The van der Waals surface area contributed by atoms with Gasteiger partial charge in [-0.2, -0.15) is 11.8 Å². The molecule has 2 aromatic rings. The summed E-state index contributed by atoms with van der Waals surface area (Å²) in [7, 11) is 0. The van der Waals surface area contributed by atoms with E-state index in [2.05, 4.69) is 35.6 Å². The Hall–Kier alpha value is -1.12. The van der Waals surface area contributed by atoms with Crippen LogP contribution in [-0.2, 0) is 5.75 Å². The van der Waals surface area contributed by atoms with Crippen molar-refractivity contribution < 1.29 is 0 Å². The van der Waals surface area contributed by atoms with Crippen LogP contribution in [0.2, 0.25) is 5.02 Å². The fourth-order valence-corrected chi connectivity index (χ4v) is 3.57. The number of hydrogen-bond donors (Lipinski definition) is 1. The van der Waals surface area contributed by atoms with E-state index in [0.29, 0.717) is 6.04 Å². The summed E-state index contributed by atoms with van der Waals surface area (Å²) in [6, 6.07) is 17.0. The minimum absolute atomic E-state index is 0.374. The van der Waals surface area contributed by atoms with Crippen molar-refractivity contribution in [2.45, 2.75) is 11.8 Å². The molecule has 0 saturated heterocycles. The third kappa shape index (κ3) is 2.50. The Balaban J connectivity index is 1.86. The van der Waals surface area contributed by atoms with Crippen molar-refractivity contribution in [3.05, 3.63) is 64.7 Å². The zero-order valence-electron chi connectivity index (χ0n) is 9.90. The van der Waals surface area contributed by atoms with E-state index >= 15 is 0 Å². The van der Waals surface area contributed by atoms with Crippen molar-refractivity contribution in [1.82, 2.24) is 0 Å². The zero-order chi connectivity index (χ0) is 12.4. The van der Waals surface area contributed by atoms with Crippen molar-refractivity contribution in [2.24, 2.45) is 0 Å². The van der Waals surface area contributed by atoms with Gasteiger partial charge in [-0.1, -0.05) is 41.9 Å². The van der Waals surface area contributed by atoms with Crippen LogP contribution >= 0.6 is 23.4 Å². The van der Waals surface area contributed by atoms with E-state index < -0.39 is 0 Å². The Labute approximate surface area is 117 Å². The zero-order valence-corrected chi connectivity index (χ0v) is 11.5. The Morgan fingerprint density at radius 2 is 2.00 bits per heavy atom. The maximum Gasteiger partial charge on any atom is 0.0607 e. The Morgan fingerprint density at radius 1 is 1.11 bits per heavy atom. The van der Waals surface area contributed by atoms with Crippen LogP contribution in [0.1, 0.15) is 17.2 Å². The lowest BCUT2D eigenvalue weighted by Crippen LogP contribution is -2.18. The number of benzene rings is 2. The largest absolute Gasteiger partial charge is 0.377 e. The first kappa shape index (κ1) is 11.9. The second-order valence-corrected chi connectivity index (χ2v) is 5.89. The van der Waals surface area contributed by atoms with Gasteiger partial charge in [-0.05, 0) is 29.3 Å². The van der Waals surface area contributed by atoms with Crippen molar-refractivity contribution >= 4 is 29.1 Å². The van der Waals surface area contributed by atoms with Gasteiger partial charge in [0, 0.05) is 22.2 Å². The molecule has 3 heteroatoms. The highest BCUT2D eigenvalue weighted by atomic mass is 35.5. The molecular formula is C15H14ClNS. The van der Waals surface area contributed by atoms with Gasteiger partial charge in [0.15, 0.2) is 0 Å². The van der Waals surface area contributed by atoms with Crippen molar-refractivity contribution in [3.63, 3.8) is 0 Å². The molecule has 2 aromatic carbocycles. The Morgan fingerprint density at radius 3 is 2.89 bits per heavy atom. The van der Waals surface area contributed by atoms with E-state index in [1.165, 1.54) is 11.1 Å². The molecule has 0 saturated carbocycles. The quantitative estimate of drug-likeness (QED) is 0.850. The first-order valence-electron chi connectivity index (χ1n) is 6.00. The molecule has 1 atom stereocenters. The number of nitrogens with one attached hydrogen (secondary N) is 1. The summed E-state index contributed by atoms with van der Waals surface area (Å²) in [6.07, 6.45) is 0. The summed E-state index contributed by atoms with van der Waals surface area (Å²) in [6.45, 7) is 0. The number of halogens is 1. The normalized spacial score (nSPS) is 18.2. The van der Waals surface area contributed by atoms with E-state index in [9.17, 15) is 0 Å². The van der Waals surface area contributed by atoms with Gasteiger partial charge < -0.3 is 5.32 Å². The van der Waals surface area contributed by atoms with Crippen LogP contribution < -0.4 is 5.32 Å². The van der Waals surface area contributed by atoms with Crippen LogP contribution in [-0.4, -0.2) is 5.75 Å². The number of hydrogen-bond acceptors (Lipinski definition) is 2. The third-order valence-electron chi connectivity index (χ3n) is 3.14. The van der Waals surface area contributed by atoms with Crippen LogP contribution in [0.25, 0.3) is 0 Å². The van der Waals surface area contributed by atoms with Crippen LogP contribution in [0.15, 0.2) is 48.5 Å². The standard InChI is InChI=1S/C15H14ClNS/c16-12-5-3-6-13(8-12)17-15-10-18-9-11-4-1-2-7-14(11)15/h1-8,15,17H,9-10H2. The maximum absolute atomic E-state index is 6.02. The number of thioether (sulfide) groups is 1. The van der Waals surface area contributed by atoms with Gasteiger partial charge >= 0.3 is 0 Å². The SMILES string of the molecule is Clc1cccc(NC2CSCc3ccccc32)c1. The van der Waals surface area contributed by atoms with E-state index in [-0.39, 0.29) is 0 Å². The lowest BCUT2D eigenvalue weighted by atomic mass is 10.0. The van der Waals surface area contributed by atoms with E-state index in [0.717, 1.165) is 22.2 Å². The van der Waals surface area contributed by atoms with Crippen LogP contribution in [0.3, 0.4) is 0 Å². The fraction of sp³-hybridized carbons (Fsp3) is 0.200. The van der Waals surface area contributed by atoms with Crippen molar-refractivity contribution in [3.8, 4) is 0 Å². The molecule has 3 rings (SSSR count). The topological polar surface area (TPSA) is 12.0 Å². The van der Waals surface area contributed by atoms with E-state index in [4.69, 9.17) is 11.6 Å². The predicted octanol–water partition coefficient (Wildman–Crippen LogP) is 4.74. The molecular weight excluding hydrogens is 262 g/mol. The van der Waals surface area contributed by atoms with Crippen LogP contribution in [0.5, 0.6) is 0 Å². The predicted molar refractivity (Wildman–Crippen MR) is 80.4 cm³/mol.